The van der Waals surface area contributed by atoms with Gasteiger partial charge >= 0.3 is 5.97 Å². The Balaban J connectivity index is 2.94. The van der Waals surface area contributed by atoms with Gasteiger partial charge in [-0.3, -0.25) is 14.3 Å². The number of benzene rings is 1. The number of hydrogen-bond donors (Lipinski definition) is 3. The third-order valence-corrected chi connectivity index (χ3v) is 3.61. The van der Waals surface area contributed by atoms with E-state index in [1.807, 2.05) is 6.92 Å². The molecule has 0 aliphatic rings. The molecule has 0 fully saturated rings. The molecular weight excluding hydrogens is 327 g/mol. The summed E-state index contributed by atoms with van der Waals surface area (Å²) >= 11 is 0. The van der Waals surface area contributed by atoms with Crippen LogP contribution in [0.1, 0.15) is 30.1 Å². The van der Waals surface area contributed by atoms with Gasteiger partial charge in [-0.2, -0.15) is 0 Å². The maximum atomic E-state index is 13.3. The number of carbonyl (C=O) groups is 2. The first-order valence-electron chi connectivity index (χ1n) is 6.92. The van der Waals surface area contributed by atoms with Gasteiger partial charge in [0.2, 0.25) is 10.0 Å². The highest BCUT2D eigenvalue weighted by Gasteiger charge is 2.20. The van der Waals surface area contributed by atoms with Crippen LogP contribution in [-0.2, 0) is 14.8 Å². The Kier molecular flexibility index (Phi) is 6.49. The molecule has 1 amide bonds. The zero-order valence-corrected chi connectivity index (χ0v) is 13.6. The molecule has 0 saturated heterocycles. The number of nitrogens with one attached hydrogen (secondary N) is 2. The topological polar surface area (TPSA) is 113 Å². The maximum absolute atomic E-state index is 13.3. The molecule has 1 aromatic rings. The lowest BCUT2D eigenvalue weighted by Crippen LogP contribution is -2.33. The Labute approximate surface area is 133 Å². The van der Waals surface area contributed by atoms with E-state index in [1.165, 1.54) is 0 Å². The SMILES string of the molecule is CCCC(CNC(=O)c1cc(F)ccc1NS(C)(=O)=O)C(=O)O. The Morgan fingerprint density at radius 1 is 1.35 bits per heavy atom. The van der Waals surface area contributed by atoms with Gasteiger partial charge in [-0.15, -0.1) is 0 Å². The molecule has 1 rings (SSSR count). The summed E-state index contributed by atoms with van der Waals surface area (Å²) in [6.45, 7) is 1.69. The second-order valence-electron chi connectivity index (χ2n) is 5.10. The van der Waals surface area contributed by atoms with Gasteiger partial charge in [0, 0.05) is 6.54 Å². The molecule has 0 aliphatic heterocycles. The van der Waals surface area contributed by atoms with Crippen molar-refractivity contribution in [2.24, 2.45) is 5.92 Å². The van der Waals surface area contributed by atoms with E-state index in [0.29, 0.717) is 12.8 Å². The fourth-order valence-electron chi connectivity index (χ4n) is 1.97. The van der Waals surface area contributed by atoms with E-state index in [-0.39, 0.29) is 17.8 Å². The van der Waals surface area contributed by atoms with Gasteiger partial charge in [-0.05, 0) is 24.6 Å². The third-order valence-electron chi connectivity index (χ3n) is 3.02. The van der Waals surface area contributed by atoms with Crippen molar-refractivity contribution in [1.82, 2.24) is 5.32 Å². The second kappa shape index (κ2) is 7.91. The van der Waals surface area contributed by atoms with E-state index < -0.39 is 33.6 Å². The van der Waals surface area contributed by atoms with Crippen LogP contribution in [0.4, 0.5) is 10.1 Å². The average Bonchev–Trinajstić information content (AvgIpc) is 2.43. The van der Waals surface area contributed by atoms with Gasteiger partial charge in [0.15, 0.2) is 0 Å². The van der Waals surface area contributed by atoms with Crippen molar-refractivity contribution >= 4 is 27.6 Å². The number of hydrogen-bond acceptors (Lipinski definition) is 4. The van der Waals surface area contributed by atoms with Crippen molar-refractivity contribution < 1.29 is 27.5 Å². The molecule has 0 saturated carbocycles. The molecule has 0 heterocycles. The minimum absolute atomic E-state index is 0.0752. The van der Waals surface area contributed by atoms with Crippen LogP contribution in [0.15, 0.2) is 18.2 Å². The molecule has 7 nitrogen and oxygen atoms in total. The van der Waals surface area contributed by atoms with Crippen LogP contribution in [0.2, 0.25) is 0 Å². The zero-order valence-electron chi connectivity index (χ0n) is 12.8. The summed E-state index contributed by atoms with van der Waals surface area (Å²) < 4.78 is 38.0. The van der Waals surface area contributed by atoms with Gasteiger partial charge in [-0.1, -0.05) is 13.3 Å². The first-order chi connectivity index (χ1) is 10.6. The van der Waals surface area contributed by atoms with Crippen molar-refractivity contribution in [3.63, 3.8) is 0 Å². The number of carboxylic acids is 1. The van der Waals surface area contributed by atoms with E-state index in [2.05, 4.69) is 10.0 Å². The van der Waals surface area contributed by atoms with Crippen LogP contribution in [-0.4, -0.2) is 38.2 Å². The number of anilines is 1. The van der Waals surface area contributed by atoms with E-state index >= 15 is 0 Å². The lowest BCUT2D eigenvalue weighted by molar-refractivity contribution is -0.141. The molecule has 0 spiro atoms. The smallest absolute Gasteiger partial charge is 0.308 e. The molecule has 128 valence electrons. The average molecular weight is 346 g/mol. The Morgan fingerprint density at radius 3 is 2.52 bits per heavy atom. The minimum Gasteiger partial charge on any atom is -0.481 e. The predicted molar refractivity (Wildman–Crippen MR) is 83.2 cm³/mol. The van der Waals surface area contributed by atoms with Crippen LogP contribution in [0.3, 0.4) is 0 Å². The monoisotopic (exact) mass is 346 g/mol. The fourth-order valence-corrected chi connectivity index (χ4v) is 2.54. The van der Waals surface area contributed by atoms with Crippen LogP contribution in [0, 0.1) is 11.7 Å². The number of rotatable bonds is 8. The first-order valence-corrected chi connectivity index (χ1v) is 8.81. The molecule has 1 aromatic carbocycles. The number of carboxylic acid groups (broad SMARTS) is 1. The molecule has 0 radical (unpaired) electrons. The van der Waals surface area contributed by atoms with Gasteiger partial charge in [0.05, 0.1) is 23.4 Å². The highest BCUT2D eigenvalue weighted by molar-refractivity contribution is 7.92. The van der Waals surface area contributed by atoms with Crippen molar-refractivity contribution in [2.45, 2.75) is 19.8 Å². The molecule has 0 aliphatic carbocycles. The first kappa shape index (κ1) is 18.9. The van der Waals surface area contributed by atoms with Crippen molar-refractivity contribution in [3.8, 4) is 0 Å². The Hall–Kier alpha value is -2.16. The summed E-state index contributed by atoms with van der Waals surface area (Å²) in [4.78, 5) is 23.2. The third kappa shape index (κ3) is 6.23. The molecule has 1 unspecified atom stereocenters. The lowest BCUT2D eigenvalue weighted by Gasteiger charge is -2.14. The second-order valence-corrected chi connectivity index (χ2v) is 6.85. The Morgan fingerprint density at radius 2 is 2.00 bits per heavy atom. The predicted octanol–water partition coefficient (Wildman–Crippen LogP) is 1.43. The van der Waals surface area contributed by atoms with E-state index in [1.54, 1.807) is 0 Å². The summed E-state index contributed by atoms with van der Waals surface area (Å²) in [5.41, 5.74) is -0.287. The Bertz CT molecular complexity index is 690. The summed E-state index contributed by atoms with van der Waals surface area (Å²) in [7, 11) is -3.65. The maximum Gasteiger partial charge on any atom is 0.308 e. The summed E-state index contributed by atoms with van der Waals surface area (Å²) in [6, 6.07) is 3.03. The minimum atomic E-state index is -3.65. The van der Waals surface area contributed by atoms with Crippen LogP contribution >= 0.6 is 0 Å². The zero-order chi connectivity index (χ0) is 17.6. The van der Waals surface area contributed by atoms with Crippen molar-refractivity contribution in [1.29, 1.82) is 0 Å². The van der Waals surface area contributed by atoms with E-state index in [9.17, 15) is 22.4 Å². The van der Waals surface area contributed by atoms with Crippen molar-refractivity contribution in [3.05, 3.63) is 29.6 Å². The molecule has 1 atom stereocenters. The van der Waals surface area contributed by atoms with Crippen LogP contribution in [0.5, 0.6) is 0 Å². The quantitative estimate of drug-likeness (QED) is 0.659. The number of amides is 1. The molecule has 0 aromatic heterocycles. The van der Waals surface area contributed by atoms with Gasteiger partial charge < -0.3 is 10.4 Å². The summed E-state index contributed by atoms with van der Waals surface area (Å²) in [5.74, 6) is -3.26. The van der Waals surface area contributed by atoms with Crippen LogP contribution < -0.4 is 10.0 Å². The lowest BCUT2D eigenvalue weighted by atomic mass is 10.0. The molecule has 23 heavy (non-hydrogen) atoms. The standard InChI is InChI=1S/C14H19FN2O5S/c1-3-4-9(14(19)20)8-16-13(18)11-7-10(15)5-6-12(11)17-23(2,21)22/h5-7,9,17H,3-4,8H2,1-2H3,(H,16,18)(H,19,20). The van der Waals surface area contributed by atoms with Gasteiger partial charge in [-0.25, -0.2) is 12.8 Å². The van der Waals surface area contributed by atoms with Crippen LogP contribution in [0.25, 0.3) is 0 Å². The van der Waals surface area contributed by atoms with Gasteiger partial charge in [0.1, 0.15) is 5.82 Å². The molecular formula is C14H19FN2O5S. The van der Waals surface area contributed by atoms with E-state index in [4.69, 9.17) is 5.11 Å². The number of halogens is 1. The number of aliphatic carboxylic acids is 1. The summed E-state index contributed by atoms with van der Waals surface area (Å²) in [6.07, 6.45) is 1.92. The normalized spacial score (nSPS) is 12.5. The molecule has 9 heteroatoms. The number of carbonyl (C=O) groups excluding carboxylic acids is 1. The fraction of sp³-hybridized carbons (Fsp3) is 0.429. The van der Waals surface area contributed by atoms with E-state index in [0.717, 1.165) is 24.5 Å². The largest absolute Gasteiger partial charge is 0.481 e. The molecule has 3 N–H and O–H groups in total. The van der Waals surface area contributed by atoms with Crippen molar-refractivity contribution in [2.75, 3.05) is 17.5 Å². The number of sulfonamides is 1. The highest BCUT2D eigenvalue weighted by atomic mass is 32.2. The highest BCUT2D eigenvalue weighted by Crippen LogP contribution is 2.18. The summed E-state index contributed by atoms with van der Waals surface area (Å²) in [5, 5.41) is 11.4. The molecule has 0 bridgehead atoms. The van der Waals surface area contributed by atoms with Gasteiger partial charge in [0.25, 0.3) is 5.91 Å².